The van der Waals surface area contributed by atoms with E-state index in [-0.39, 0.29) is 0 Å². The number of nitrogens with two attached hydrogens (primary N) is 1. The Morgan fingerprint density at radius 2 is 1.95 bits per heavy atom. The third-order valence-corrected chi connectivity index (χ3v) is 4.73. The summed E-state index contributed by atoms with van der Waals surface area (Å²) in [5, 5.41) is 3.62. The standard InChI is InChI=1S/C16H17N3OS2/c1-10-7-11(2)9-12(8-10)20-4-6-22-16-18-14(17)13-3-5-21-15(13)19-16/h3,5,7-9H,4,6H2,1-2H3,(H2,17,18,19). The second kappa shape index (κ2) is 6.54. The first-order chi connectivity index (χ1) is 10.6. The summed E-state index contributed by atoms with van der Waals surface area (Å²) in [7, 11) is 0. The molecule has 0 bridgehead atoms. The number of ether oxygens (including phenoxy) is 1. The summed E-state index contributed by atoms with van der Waals surface area (Å²) in [6.45, 7) is 4.75. The van der Waals surface area contributed by atoms with E-state index in [1.165, 1.54) is 11.1 Å². The molecule has 0 radical (unpaired) electrons. The van der Waals surface area contributed by atoms with Crippen LogP contribution in [-0.4, -0.2) is 22.3 Å². The molecular weight excluding hydrogens is 314 g/mol. The number of nitrogens with zero attached hydrogens (tertiary/aromatic N) is 2. The fourth-order valence-corrected chi connectivity index (χ4v) is 3.73. The molecule has 4 nitrogen and oxygen atoms in total. The first kappa shape index (κ1) is 15.1. The summed E-state index contributed by atoms with van der Waals surface area (Å²) >= 11 is 3.14. The van der Waals surface area contributed by atoms with Crippen molar-refractivity contribution in [1.29, 1.82) is 0 Å². The lowest BCUT2D eigenvalue weighted by Crippen LogP contribution is -2.02. The zero-order valence-corrected chi connectivity index (χ0v) is 14.1. The summed E-state index contributed by atoms with van der Waals surface area (Å²) in [5.74, 6) is 2.24. The first-order valence-electron chi connectivity index (χ1n) is 6.96. The van der Waals surface area contributed by atoms with Crippen LogP contribution in [0.3, 0.4) is 0 Å². The van der Waals surface area contributed by atoms with Crippen molar-refractivity contribution < 1.29 is 4.74 Å². The van der Waals surface area contributed by atoms with E-state index in [1.54, 1.807) is 23.1 Å². The molecular formula is C16H17N3OS2. The molecule has 2 aromatic heterocycles. The molecule has 22 heavy (non-hydrogen) atoms. The molecule has 0 aliphatic carbocycles. The number of thiophene rings is 1. The molecule has 3 rings (SSSR count). The number of hydrogen-bond acceptors (Lipinski definition) is 6. The van der Waals surface area contributed by atoms with Crippen LogP contribution in [0.5, 0.6) is 5.75 Å². The highest BCUT2D eigenvalue weighted by atomic mass is 32.2. The van der Waals surface area contributed by atoms with Gasteiger partial charge in [0.2, 0.25) is 0 Å². The molecule has 0 saturated carbocycles. The van der Waals surface area contributed by atoms with Crippen molar-refractivity contribution in [3.8, 4) is 5.75 Å². The largest absolute Gasteiger partial charge is 0.493 e. The number of aromatic nitrogens is 2. The van der Waals surface area contributed by atoms with Gasteiger partial charge in [0.25, 0.3) is 0 Å². The molecule has 0 spiro atoms. The van der Waals surface area contributed by atoms with Gasteiger partial charge in [-0.05, 0) is 48.6 Å². The SMILES string of the molecule is Cc1cc(C)cc(OCCSc2nc(N)c3ccsc3n2)c1. The fourth-order valence-electron chi connectivity index (χ4n) is 2.23. The number of rotatable bonds is 5. The number of aryl methyl sites for hydroxylation is 2. The minimum absolute atomic E-state index is 0.545. The molecule has 0 atom stereocenters. The van der Waals surface area contributed by atoms with Crippen LogP contribution in [0.15, 0.2) is 34.8 Å². The second-order valence-electron chi connectivity index (χ2n) is 5.05. The van der Waals surface area contributed by atoms with Gasteiger partial charge in [0.15, 0.2) is 5.16 Å². The Balaban J connectivity index is 1.58. The van der Waals surface area contributed by atoms with E-state index >= 15 is 0 Å². The Morgan fingerprint density at radius 1 is 1.18 bits per heavy atom. The van der Waals surface area contributed by atoms with Gasteiger partial charge in [0.1, 0.15) is 16.4 Å². The van der Waals surface area contributed by atoms with Gasteiger partial charge in [-0.15, -0.1) is 11.3 Å². The van der Waals surface area contributed by atoms with Crippen molar-refractivity contribution >= 4 is 39.1 Å². The summed E-state index contributed by atoms with van der Waals surface area (Å²) < 4.78 is 5.79. The van der Waals surface area contributed by atoms with E-state index in [9.17, 15) is 0 Å². The molecule has 0 unspecified atom stereocenters. The number of thioether (sulfide) groups is 1. The minimum atomic E-state index is 0.545. The number of nitrogen functional groups attached to an aromatic ring is 1. The van der Waals surface area contributed by atoms with Gasteiger partial charge in [-0.1, -0.05) is 17.8 Å². The average Bonchev–Trinajstić information content (AvgIpc) is 2.91. The van der Waals surface area contributed by atoms with E-state index in [1.807, 2.05) is 23.6 Å². The quantitative estimate of drug-likeness (QED) is 0.434. The van der Waals surface area contributed by atoms with Crippen molar-refractivity contribution in [3.05, 3.63) is 40.8 Å². The highest BCUT2D eigenvalue weighted by Gasteiger charge is 2.07. The van der Waals surface area contributed by atoms with Crippen LogP contribution in [0.25, 0.3) is 10.2 Å². The number of hydrogen-bond donors (Lipinski definition) is 1. The predicted molar refractivity (Wildman–Crippen MR) is 94.0 cm³/mol. The van der Waals surface area contributed by atoms with Crippen LogP contribution in [0.4, 0.5) is 5.82 Å². The number of fused-ring (bicyclic) bond motifs is 1. The van der Waals surface area contributed by atoms with Crippen LogP contribution in [0.1, 0.15) is 11.1 Å². The molecule has 1 aromatic carbocycles. The lowest BCUT2D eigenvalue weighted by atomic mass is 10.1. The molecule has 0 fully saturated rings. The monoisotopic (exact) mass is 331 g/mol. The van der Waals surface area contributed by atoms with Crippen molar-refractivity contribution in [2.24, 2.45) is 0 Å². The molecule has 6 heteroatoms. The lowest BCUT2D eigenvalue weighted by Gasteiger charge is -2.08. The van der Waals surface area contributed by atoms with E-state index in [2.05, 4.69) is 29.9 Å². The zero-order valence-electron chi connectivity index (χ0n) is 12.5. The molecule has 2 heterocycles. The summed E-state index contributed by atoms with van der Waals surface area (Å²) in [6.07, 6.45) is 0. The average molecular weight is 331 g/mol. The number of anilines is 1. The normalized spacial score (nSPS) is 11.0. The maximum Gasteiger partial charge on any atom is 0.191 e. The van der Waals surface area contributed by atoms with Gasteiger partial charge in [0, 0.05) is 5.75 Å². The molecule has 0 amide bonds. The Kier molecular flexibility index (Phi) is 4.49. The molecule has 3 aromatic rings. The van der Waals surface area contributed by atoms with Crippen molar-refractivity contribution in [2.75, 3.05) is 18.1 Å². The first-order valence-corrected chi connectivity index (χ1v) is 8.83. The van der Waals surface area contributed by atoms with Crippen LogP contribution < -0.4 is 10.5 Å². The maximum atomic E-state index is 5.94. The Labute approximate surface area is 137 Å². The van der Waals surface area contributed by atoms with Gasteiger partial charge >= 0.3 is 0 Å². The number of benzene rings is 1. The van der Waals surface area contributed by atoms with E-state index in [4.69, 9.17) is 10.5 Å². The fraction of sp³-hybridized carbons (Fsp3) is 0.250. The Bertz CT molecular complexity index is 781. The van der Waals surface area contributed by atoms with Gasteiger partial charge in [0.05, 0.1) is 12.0 Å². The van der Waals surface area contributed by atoms with Crippen LogP contribution in [0, 0.1) is 13.8 Å². The smallest absolute Gasteiger partial charge is 0.191 e. The summed E-state index contributed by atoms with van der Waals surface area (Å²) in [4.78, 5) is 9.77. The van der Waals surface area contributed by atoms with Crippen molar-refractivity contribution in [1.82, 2.24) is 9.97 Å². The second-order valence-corrected chi connectivity index (χ2v) is 7.01. The van der Waals surface area contributed by atoms with Crippen molar-refractivity contribution in [2.45, 2.75) is 19.0 Å². The molecule has 0 aliphatic rings. The zero-order chi connectivity index (χ0) is 15.5. The molecule has 0 saturated heterocycles. The van der Waals surface area contributed by atoms with Crippen LogP contribution >= 0.6 is 23.1 Å². The lowest BCUT2D eigenvalue weighted by molar-refractivity contribution is 0.343. The third kappa shape index (κ3) is 3.51. The highest BCUT2D eigenvalue weighted by molar-refractivity contribution is 7.99. The van der Waals surface area contributed by atoms with E-state index in [0.29, 0.717) is 17.6 Å². The third-order valence-electron chi connectivity index (χ3n) is 3.11. The maximum absolute atomic E-state index is 5.94. The molecule has 0 aliphatic heterocycles. The molecule has 114 valence electrons. The van der Waals surface area contributed by atoms with Gasteiger partial charge < -0.3 is 10.5 Å². The minimum Gasteiger partial charge on any atom is -0.493 e. The van der Waals surface area contributed by atoms with Crippen LogP contribution in [0.2, 0.25) is 0 Å². The van der Waals surface area contributed by atoms with E-state index < -0.39 is 0 Å². The summed E-state index contributed by atoms with van der Waals surface area (Å²) in [6, 6.07) is 8.18. The van der Waals surface area contributed by atoms with E-state index in [0.717, 1.165) is 21.7 Å². The Morgan fingerprint density at radius 3 is 2.73 bits per heavy atom. The van der Waals surface area contributed by atoms with Crippen LogP contribution in [-0.2, 0) is 0 Å². The predicted octanol–water partition coefficient (Wildman–Crippen LogP) is 4.06. The highest BCUT2D eigenvalue weighted by Crippen LogP contribution is 2.26. The van der Waals surface area contributed by atoms with Gasteiger partial charge in [-0.25, -0.2) is 9.97 Å². The summed E-state index contributed by atoms with van der Waals surface area (Å²) in [5.41, 5.74) is 8.36. The van der Waals surface area contributed by atoms with Gasteiger partial charge in [-0.2, -0.15) is 0 Å². The molecule has 2 N–H and O–H groups in total. The van der Waals surface area contributed by atoms with Crippen molar-refractivity contribution in [3.63, 3.8) is 0 Å². The Hall–Kier alpha value is -1.79. The topological polar surface area (TPSA) is 61.0 Å². The van der Waals surface area contributed by atoms with Gasteiger partial charge in [-0.3, -0.25) is 0 Å².